The van der Waals surface area contributed by atoms with Crippen LogP contribution < -0.4 is 5.32 Å². The standard InChI is InChI=1S/C18H13F4N3O/c1-10-14(9-25(24-10)18(21)22)12-7-6-11(8-16(12)20)23-17(26)13-4-2-3-5-15(13)19/h2-9,18H,1H3,(H,23,26). The molecule has 2 aromatic carbocycles. The van der Waals surface area contributed by atoms with E-state index in [4.69, 9.17) is 0 Å². The van der Waals surface area contributed by atoms with E-state index < -0.39 is 24.1 Å². The molecule has 0 atom stereocenters. The van der Waals surface area contributed by atoms with Crippen molar-refractivity contribution in [1.82, 2.24) is 9.78 Å². The molecule has 4 nitrogen and oxygen atoms in total. The Hall–Kier alpha value is -3.16. The maximum atomic E-state index is 14.4. The van der Waals surface area contributed by atoms with Gasteiger partial charge in [-0.2, -0.15) is 13.9 Å². The van der Waals surface area contributed by atoms with Gasteiger partial charge in [0.05, 0.1) is 11.3 Å². The zero-order valence-corrected chi connectivity index (χ0v) is 13.5. The van der Waals surface area contributed by atoms with E-state index in [1.54, 1.807) is 0 Å². The van der Waals surface area contributed by atoms with Crippen LogP contribution in [0.2, 0.25) is 0 Å². The van der Waals surface area contributed by atoms with Crippen molar-refractivity contribution in [2.24, 2.45) is 0 Å². The van der Waals surface area contributed by atoms with Crippen molar-refractivity contribution < 1.29 is 22.4 Å². The van der Waals surface area contributed by atoms with Crippen LogP contribution in [0.25, 0.3) is 11.1 Å². The lowest BCUT2D eigenvalue weighted by atomic mass is 10.1. The van der Waals surface area contributed by atoms with E-state index in [-0.39, 0.29) is 28.1 Å². The molecule has 0 radical (unpaired) electrons. The topological polar surface area (TPSA) is 46.9 Å². The Morgan fingerprint density at radius 3 is 2.42 bits per heavy atom. The monoisotopic (exact) mass is 363 g/mol. The van der Waals surface area contributed by atoms with Crippen LogP contribution in [0.4, 0.5) is 23.2 Å². The fourth-order valence-electron chi connectivity index (χ4n) is 2.50. The quantitative estimate of drug-likeness (QED) is 0.678. The molecule has 0 spiro atoms. The largest absolute Gasteiger partial charge is 0.333 e. The van der Waals surface area contributed by atoms with E-state index in [1.807, 2.05) is 0 Å². The van der Waals surface area contributed by atoms with Crippen molar-refractivity contribution in [1.29, 1.82) is 0 Å². The molecule has 0 saturated carbocycles. The summed E-state index contributed by atoms with van der Waals surface area (Å²) in [5.74, 6) is -2.15. The van der Waals surface area contributed by atoms with Crippen molar-refractivity contribution in [3.63, 3.8) is 0 Å². The minimum Gasteiger partial charge on any atom is -0.322 e. The first-order valence-corrected chi connectivity index (χ1v) is 7.56. The van der Waals surface area contributed by atoms with Crippen LogP contribution in [-0.2, 0) is 0 Å². The van der Waals surface area contributed by atoms with E-state index in [0.717, 1.165) is 18.3 Å². The zero-order valence-electron chi connectivity index (χ0n) is 13.5. The van der Waals surface area contributed by atoms with Crippen molar-refractivity contribution in [2.45, 2.75) is 13.5 Å². The van der Waals surface area contributed by atoms with Gasteiger partial charge in [-0.25, -0.2) is 13.5 Å². The van der Waals surface area contributed by atoms with E-state index in [0.29, 0.717) is 4.68 Å². The number of aromatic nitrogens is 2. The molecule has 3 rings (SSSR count). The summed E-state index contributed by atoms with van der Waals surface area (Å²) in [7, 11) is 0. The van der Waals surface area contributed by atoms with E-state index in [9.17, 15) is 22.4 Å². The third kappa shape index (κ3) is 3.44. The second kappa shape index (κ2) is 6.99. The summed E-state index contributed by atoms with van der Waals surface area (Å²) in [5, 5.41) is 6.03. The number of carbonyl (C=O) groups excluding carboxylic acids is 1. The van der Waals surface area contributed by atoms with E-state index in [1.165, 1.54) is 37.3 Å². The minimum absolute atomic E-state index is 0.0679. The normalized spacial score (nSPS) is 11.0. The summed E-state index contributed by atoms with van der Waals surface area (Å²) in [6, 6.07) is 9.17. The Bertz CT molecular complexity index is 969. The summed E-state index contributed by atoms with van der Waals surface area (Å²) in [4.78, 5) is 12.1. The number of carbonyl (C=O) groups is 1. The van der Waals surface area contributed by atoms with Gasteiger partial charge in [0.1, 0.15) is 11.6 Å². The third-order valence-corrected chi connectivity index (χ3v) is 3.75. The molecule has 26 heavy (non-hydrogen) atoms. The summed E-state index contributed by atoms with van der Waals surface area (Å²) in [5.41, 5.74) is 0.463. The second-order valence-corrected chi connectivity index (χ2v) is 5.51. The Labute approximate surface area is 146 Å². The highest BCUT2D eigenvalue weighted by Gasteiger charge is 2.17. The first kappa shape index (κ1) is 17.7. The second-order valence-electron chi connectivity index (χ2n) is 5.51. The number of nitrogens with zero attached hydrogens (tertiary/aromatic N) is 2. The first-order chi connectivity index (χ1) is 12.4. The predicted molar refractivity (Wildman–Crippen MR) is 88.0 cm³/mol. The molecule has 1 N–H and O–H groups in total. The molecule has 0 aliphatic carbocycles. The summed E-state index contributed by atoms with van der Waals surface area (Å²) < 4.78 is 53.9. The number of halogens is 4. The Kier molecular flexibility index (Phi) is 4.75. The van der Waals surface area contributed by atoms with Gasteiger partial charge in [-0.3, -0.25) is 4.79 Å². The van der Waals surface area contributed by atoms with Gasteiger partial charge in [0.15, 0.2) is 0 Å². The summed E-state index contributed by atoms with van der Waals surface area (Å²) in [6.45, 7) is -1.34. The molecule has 134 valence electrons. The van der Waals surface area contributed by atoms with Crippen LogP contribution >= 0.6 is 0 Å². The van der Waals surface area contributed by atoms with Gasteiger partial charge in [-0.05, 0) is 37.3 Å². The van der Waals surface area contributed by atoms with Gasteiger partial charge in [0.2, 0.25) is 0 Å². The predicted octanol–water partition coefficient (Wildman–Crippen LogP) is 4.78. The molecule has 3 aromatic rings. The Morgan fingerprint density at radius 2 is 1.81 bits per heavy atom. The summed E-state index contributed by atoms with van der Waals surface area (Å²) in [6.07, 6.45) is 1.05. The van der Waals surface area contributed by atoms with Gasteiger partial charge in [0.25, 0.3) is 5.91 Å². The van der Waals surface area contributed by atoms with Gasteiger partial charge in [0, 0.05) is 23.0 Å². The molecule has 0 fully saturated rings. The van der Waals surface area contributed by atoms with Crippen LogP contribution in [0.5, 0.6) is 0 Å². The molecule has 8 heteroatoms. The molecular formula is C18H13F4N3O. The first-order valence-electron chi connectivity index (χ1n) is 7.56. The molecule has 1 amide bonds. The lowest BCUT2D eigenvalue weighted by Gasteiger charge is -2.08. The van der Waals surface area contributed by atoms with Crippen LogP contribution in [0, 0.1) is 18.6 Å². The Balaban J connectivity index is 1.86. The van der Waals surface area contributed by atoms with Crippen molar-refractivity contribution in [2.75, 3.05) is 5.32 Å². The smallest absolute Gasteiger partial charge is 0.322 e. The van der Waals surface area contributed by atoms with Gasteiger partial charge >= 0.3 is 6.55 Å². The molecule has 1 heterocycles. The highest BCUT2D eigenvalue weighted by molar-refractivity contribution is 6.04. The number of alkyl halides is 2. The maximum Gasteiger partial charge on any atom is 0.333 e. The van der Waals surface area contributed by atoms with Crippen LogP contribution in [0.1, 0.15) is 22.6 Å². The highest BCUT2D eigenvalue weighted by atomic mass is 19.3. The maximum absolute atomic E-state index is 14.4. The number of anilines is 1. The van der Waals surface area contributed by atoms with Crippen LogP contribution in [0.15, 0.2) is 48.7 Å². The number of benzene rings is 2. The molecule has 0 aliphatic heterocycles. The van der Waals surface area contributed by atoms with Crippen LogP contribution in [-0.4, -0.2) is 15.7 Å². The van der Waals surface area contributed by atoms with Crippen molar-refractivity contribution in [3.05, 3.63) is 71.6 Å². The number of nitrogens with one attached hydrogen (secondary N) is 1. The van der Waals surface area contributed by atoms with Crippen molar-refractivity contribution in [3.8, 4) is 11.1 Å². The zero-order chi connectivity index (χ0) is 18.8. The number of rotatable bonds is 4. The molecule has 0 aliphatic rings. The minimum atomic E-state index is -2.83. The van der Waals surface area contributed by atoms with Crippen molar-refractivity contribution >= 4 is 11.6 Å². The number of hydrogen-bond acceptors (Lipinski definition) is 2. The summed E-state index contributed by atoms with van der Waals surface area (Å²) >= 11 is 0. The van der Waals surface area contributed by atoms with Crippen LogP contribution in [0.3, 0.4) is 0 Å². The fraction of sp³-hybridized carbons (Fsp3) is 0.111. The molecular weight excluding hydrogens is 350 g/mol. The number of hydrogen-bond donors (Lipinski definition) is 1. The van der Waals surface area contributed by atoms with Gasteiger partial charge in [-0.1, -0.05) is 12.1 Å². The lowest BCUT2D eigenvalue weighted by molar-refractivity contribution is 0.0563. The van der Waals surface area contributed by atoms with Gasteiger partial charge in [-0.15, -0.1) is 0 Å². The average Bonchev–Trinajstić information content (AvgIpc) is 2.97. The molecule has 0 saturated heterocycles. The Morgan fingerprint density at radius 1 is 1.08 bits per heavy atom. The SMILES string of the molecule is Cc1nn(C(F)F)cc1-c1ccc(NC(=O)c2ccccc2F)cc1F. The number of amides is 1. The third-order valence-electron chi connectivity index (χ3n) is 3.75. The van der Waals surface area contributed by atoms with E-state index in [2.05, 4.69) is 10.4 Å². The molecule has 0 unspecified atom stereocenters. The number of aryl methyl sites for hydroxylation is 1. The lowest BCUT2D eigenvalue weighted by Crippen LogP contribution is -2.13. The highest BCUT2D eigenvalue weighted by Crippen LogP contribution is 2.29. The molecule has 0 bridgehead atoms. The average molecular weight is 363 g/mol. The fourth-order valence-corrected chi connectivity index (χ4v) is 2.50. The van der Waals surface area contributed by atoms with Gasteiger partial charge < -0.3 is 5.32 Å². The molecule has 1 aromatic heterocycles. The van der Waals surface area contributed by atoms with E-state index >= 15 is 0 Å².